The normalized spacial score (nSPS) is 14.6. The first-order valence-corrected chi connectivity index (χ1v) is 9.10. The fourth-order valence-corrected chi connectivity index (χ4v) is 3.08. The van der Waals surface area contributed by atoms with Crippen molar-refractivity contribution in [2.24, 2.45) is 5.92 Å². The number of amides is 2. The van der Waals surface area contributed by atoms with Gasteiger partial charge in [0.05, 0.1) is 7.11 Å². The van der Waals surface area contributed by atoms with E-state index >= 15 is 0 Å². The van der Waals surface area contributed by atoms with E-state index in [2.05, 4.69) is 20.6 Å². The minimum absolute atomic E-state index is 0.0939. The summed E-state index contributed by atoms with van der Waals surface area (Å²) >= 11 is 0. The summed E-state index contributed by atoms with van der Waals surface area (Å²) in [4.78, 5) is 33.8. The highest BCUT2D eigenvalue weighted by Crippen LogP contribution is 2.16. The molecule has 8 nitrogen and oxygen atoms in total. The highest BCUT2D eigenvalue weighted by atomic mass is 16.5. The summed E-state index contributed by atoms with van der Waals surface area (Å²) in [6, 6.07) is 6.77. The summed E-state index contributed by atoms with van der Waals surface area (Å²) in [7, 11) is 1.57. The maximum atomic E-state index is 12.9. The topological polar surface area (TPSA) is 99.3 Å². The first kappa shape index (κ1) is 18.9. The van der Waals surface area contributed by atoms with Crippen molar-refractivity contribution in [3.05, 3.63) is 42.2 Å². The fourth-order valence-electron chi connectivity index (χ4n) is 3.08. The number of benzene rings is 1. The van der Waals surface area contributed by atoms with Crippen molar-refractivity contribution < 1.29 is 14.3 Å². The van der Waals surface area contributed by atoms with Crippen LogP contribution in [0.5, 0.6) is 5.75 Å². The van der Waals surface area contributed by atoms with Gasteiger partial charge in [-0.2, -0.15) is 0 Å². The van der Waals surface area contributed by atoms with Gasteiger partial charge in [0.15, 0.2) is 0 Å². The van der Waals surface area contributed by atoms with Crippen molar-refractivity contribution in [2.75, 3.05) is 38.2 Å². The molecule has 0 atom stereocenters. The molecule has 0 saturated carbocycles. The molecule has 0 bridgehead atoms. The molecular formula is C19H25N5O3. The van der Waals surface area contributed by atoms with E-state index in [0.29, 0.717) is 29.7 Å². The lowest BCUT2D eigenvalue weighted by molar-refractivity contribution is -0.119. The zero-order chi connectivity index (χ0) is 19.1. The molecule has 2 amide bonds. The van der Waals surface area contributed by atoms with Crippen molar-refractivity contribution in [1.82, 2.24) is 20.6 Å². The minimum Gasteiger partial charge on any atom is -0.497 e. The molecule has 1 aromatic heterocycles. The van der Waals surface area contributed by atoms with E-state index in [0.717, 1.165) is 25.9 Å². The van der Waals surface area contributed by atoms with Gasteiger partial charge in [0.2, 0.25) is 11.9 Å². The number of carbonyl (C=O) groups is 2. The zero-order valence-electron chi connectivity index (χ0n) is 15.4. The van der Waals surface area contributed by atoms with E-state index in [-0.39, 0.29) is 18.4 Å². The Labute approximate surface area is 158 Å². The Hall–Kier alpha value is -2.87. The van der Waals surface area contributed by atoms with E-state index in [1.54, 1.807) is 43.8 Å². The maximum Gasteiger partial charge on any atom is 0.261 e. The molecule has 3 rings (SSSR count). The zero-order valence-corrected chi connectivity index (χ0v) is 15.4. The van der Waals surface area contributed by atoms with Crippen molar-refractivity contribution in [2.45, 2.75) is 12.8 Å². The van der Waals surface area contributed by atoms with Crippen LogP contribution in [0.1, 0.15) is 23.2 Å². The molecule has 1 saturated heterocycles. The Morgan fingerprint density at radius 3 is 2.63 bits per heavy atom. The van der Waals surface area contributed by atoms with Gasteiger partial charge in [0, 0.05) is 24.5 Å². The molecular weight excluding hydrogens is 346 g/mol. The van der Waals surface area contributed by atoms with E-state index < -0.39 is 0 Å². The van der Waals surface area contributed by atoms with Crippen LogP contribution in [0, 0.1) is 5.92 Å². The van der Waals surface area contributed by atoms with Gasteiger partial charge in [-0.05, 0) is 56.1 Å². The third kappa shape index (κ3) is 5.07. The number of nitrogens with zero attached hydrogens (tertiary/aromatic N) is 2. The Morgan fingerprint density at radius 1 is 1.26 bits per heavy atom. The van der Waals surface area contributed by atoms with Crippen LogP contribution in [0.3, 0.4) is 0 Å². The highest BCUT2D eigenvalue weighted by Gasteiger charge is 2.23. The number of aromatic amines is 1. The number of carbonyl (C=O) groups excluding carboxylic acids is 2. The number of hydrogen-bond donors (Lipinski definition) is 3. The predicted molar refractivity (Wildman–Crippen MR) is 102 cm³/mol. The standard InChI is InChI=1S/C19H25N5O3/c1-27-16-4-2-15(3-5-16)18(26)24(19-21-10-11-22-19)13-17(25)23-12-14-6-8-20-9-7-14/h2-5,10-11,14,20H,6-9,12-13H2,1H3,(H,21,22)(H,23,25). The van der Waals surface area contributed by atoms with E-state index in [1.807, 2.05) is 0 Å². The third-order valence-corrected chi connectivity index (χ3v) is 4.67. The Balaban J connectivity index is 1.65. The van der Waals surface area contributed by atoms with Crippen LogP contribution in [0.4, 0.5) is 5.95 Å². The highest BCUT2D eigenvalue weighted by molar-refractivity contribution is 6.07. The van der Waals surface area contributed by atoms with Gasteiger partial charge >= 0.3 is 0 Å². The number of H-pyrrole nitrogens is 1. The van der Waals surface area contributed by atoms with Crippen LogP contribution in [-0.4, -0.2) is 55.1 Å². The van der Waals surface area contributed by atoms with Gasteiger partial charge in [0.25, 0.3) is 5.91 Å². The molecule has 1 aliphatic heterocycles. The van der Waals surface area contributed by atoms with Crippen LogP contribution in [0.15, 0.2) is 36.7 Å². The smallest absolute Gasteiger partial charge is 0.261 e. The number of nitrogens with one attached hydrogen (secondary N) is 3. The molecule has 2 heterocycles. The lowest BCUT2D eigenvalue weighted by Gasteiger charge is -2.24. The lowest BCUT2D eigenvalue weighted by Crippen LogP contribution is -2.43. The Morgan fingerprint density at radius 2 is 2.00 bits per heavy atom. The molecule has 0 spiro atoms. The molecule has 3 N–H and O–H groups in total. The summed E-state index contributed by atoms with van der Waals surface area (Å²) < 4.78 is 5.12. The second-order valence-electron chi connectivity index (χ2n) is 6.53. The first-order valence-electron chi connectivity index (χ1n) is 9.10. The van der Waals surface area contributed by atoms with Crippen molar-refractivity contribution >= 4 is 17.8 Å². The van der Waals surface area contributed by atoms with Gasteiger partial charge in [0.1, 0.15) is 12.3 Å². The average molecular weight is 371 g/mol. The van der Waals surface area contributed by atoms with Crippen LogP contribution in [-0.2, 0) is 4.79 Å². The molecule has 0 radical (unpaired) electrons. The van der Waals surface area contributed by atoms with Crippen molar-refractivity contribution in [1.29, 1.82) is 0 Å². The second-order valence-corrected chi connectivity index (χ2v) is 6.53. The SMILES string of the molecule is COc1ccc(C(=O)N(CC(=O)NCC2CCNCC2)c2ncc[nH]2)cc1. The molecule has 1 aromatic carbocycles. The van der Waals surface area contributed by atoms with Crippen molar-refractivity contribution in [3.8, 4) is 5.75 Å². The van der Waals surface area contributed by atoms with Crippen LogP contribution >= 0.6 is 0 Å². The maximum absolute atomic E-state index is 12.9. The quantitative estimate of drug-likeness (QED) is 0.679. The molecule has 0 unspecified atom stereocenters. The number of anilines is 1. The summed E-state index contributed by atoms with van der Waals surface area (Å²) in [6.45, 7) is 2.50. The van der Waals surface area contributed by atoms with Crippen LogP contribution in [0.2, 0.25) is 0 Å². The summed E-state index contributed by atoms with van der Waals surface area (Å²) in [5.41, 5.74) is 0.457. The second kappa shape index (κ2) is 9.18. The molecule has 8 heteroatoms. The minimum atomic E-state index is -0.301. The van der Waals surface area contributed by atoms with Gasteiger partial charge in [-0.3, -0.25) is 14.5 Å². The predicted octanol–water partition coefficient (Wildman–Crippen LogP) is 1.18. The molecule has 1 fully saturated rings. The van der Waals surface area contributed by atoms with Crippen LogP contribution in [0.25, 0.3) is 0 Å². The molecule has 144 valence electrons. The summed E-state index contributed by atoms with van der Waals surface area (Å²) in [6.07, 6.45) is 5.27. The first-order chi connectivity index (χ1) is 13.2. The summed E-state index contributed by atoms with van der Waals surface area (Å²) in [5, 5.41) is 6.25. The van der Waals surface area contributed by atoms with E-state index in [4.69, 9.17) is 4.74 Å². The number of piperidine rings is 1. The van der Waals surface area contributed by atoms with Gasteiger partial charge in [-0.15, -0.1) is 0 Å². The number of ether oxygens (including phenoxy) is 1. The fraction of sp³-hybridized carbons (Fsp3) is 0.421. The third-order valence-electron chi connectivity index (χ3n) is 4.67. The number of methoxy groups -OCH3 is 1. The molecule has 27 heavy (non-hydrogen) atoms. The van der Waals surface area contributed by atoms with Gasteiger partial charge in [-0.25, -0.2) is 4.98 Å². The number of rotatable bonds is 7. The Bertz CT molecular complexity index is 739. The number of hydrogen-bond acceptors (Lipinski definition) is 5. The van der Waals surface area contributed by atoms with E-state index in [1.165, 1.54) is 4.90 Å². The molecule has 0 aliphatic carbocycles. The number of aromatic nitrogens is 2. The van der Waals surface area contributed by atoms with Gasteiger partial charge < -0.3 is 20.4 Å². The van der Waals surface area contributed by atoms with Crippen LogP contribution < -0.4 is 20.3 Å². The van der Waals surface area contributed by atoms with Crippen molar-refractivity contribution in [3.63, 3.8) is 0 Å². The molecule has 1 aliphatic rings. The Kier molecular flexibility index (Phi) is 6.43. The summed E-state index contributed by atoms with van der Waals surface area (Å²) in [5.74, 6) is 0.976. The molecule has 2 aromatic rings. The number of imidazole rings is 1. The van der Waals surface area contributed by atoms with E-state index in [9.17, 15) is 9.59 Å². The average Bonchev–Trinajstić information content (AvgIpc) is 3.25. The largest absolute Gasteiger partial charge is 0.497 e. The van der Waals surface area contributed by atoms with Gasteiger partial charge in [-0.1, -0.05) is 0 Å². The lowest BCUT2D eigenvalue weighted by atomic mass is 9.98. The monoisotopic (exact) mass is 371 g/mol.